The quantitative estimate of drug-likeness (QED) is 0.639. The topological polar surface area (TPSA) is 107 Å². The molecule has 1 amide bonds. The maximum atomic E-state index is 13.4. The zero-order valence-corrected chi connectivity index (χ0v) is 10.6. The Morgan fingerprint density at radius 1 is 1.45 bits per heavy atom. The van der Waals surface area contributed by atoms with Crippen molar-refractivity contribution in [3.8, 4) is 0 Å². The third-order valence-electron chi connectivity index (χ3n) is 3.24. The molecule has 2 rings (SSSR count). The fourth-order valence-corrected chi connectivity index (χ4v) is 1.95. The SMILES string of the molecule is NC1(C(=O)Nc2ccc([N+](=O)[O-])c(F)c2)CCOCC1. The Morgan fingerprint density at radius 2 is 2.10 bits per heavy atom. The number of amides is 1. The van der Waals surface area contributed by atoms with E-state index < -0.39 is 27.9 Å². The van der Waals surface area contributed by atoms with Crippen molar-refractivity contribution in [2.24, 2.45) is 5.73 Å². The van der Waals surface area contributed by atoms with Crippen LogP contribution < -0.4 is 11.1 Å². The second-order valence-electron chi connectivity index (χ2n) is 4.65. The molecule has 0 aromatic heterocycles. The first-order valence-corrected chi connectivity index (χ1v) is 6.04. The smallest absolute Gasteiger partial charge is 0.304 e. The molecule has 108 valence electrons. The van der Waals surface area contributed by atoms with E-state index in [4.69, 9.17) is 10.5 Å². The van der Waals surface area contributed by atoms with Gasteiger partial charge in [-0.1, -0.05) is 0 Å². The van der Waals surface area contributed by atoms with Gasteiger partial charge in [0.1, 0.15) is 5.54 Å². The highest BCUT2D eigenvalue weighted by Gasteiger charge is 2.36. The van der Waals surface area contributed by atoms with Crippen molar-refractivity contribution >= 4 is 17.3 Å². The highest BCUT2D eigenvalue weighted by Crippen LogP contribution is 2.23. The first-order chi connectivity index (χ1) is 9.42. The molecule has 1 aliphatic rings. The molecular formula is C12H14FN3O4. The predicted octanol–water partition coefficient (Wildman–Crippen LogP) is 1.18. The molecule has 0 atom stereocenters. The molecular weight excluding hydrogens is 269 g/mol. The first kappa shape index (κ1) is 14.4. The van der Waals surface area contributed by atoms with Crippen molar-refractivity contribution in [2.45, 2.75) is 18.4 Å². The standard InChI is InChI=1S/C12H14FN3O4/c13-9-7-8(1-2-10(9)16(18)19)15-11(17)12(14)3-5-20-6-4-12/h1-2,7H,3-6,14H2,(H,15,17). The molecule has 0 aliphatic carbocycles. The predicted molar refractivity (Wildman–Crippen MR) is 68.7 cm³/mol. The Kier molecular flexibility index (Phi) is 3.96. The van der Waals surface area contributed by atoms with Crippen molar-refractivity contribution in [3.63, 3.8) is 0 Å². The van der Waals surface area contributed by atoms with Gasteiger partial charge in [0, 0.05) is 31.0 Å². The van der Waals surface area contributed by atoms with Crippen LogP contribution in [-0.4, -0.2) is 29.6 Å². The molecule has 0 spiro atoms. The van der Waals surface area contributed by atoms with E-state index in [0.717, 1.165) is 12.1 Å². The van der Waals surface area contributed by atoms with Crippen LogP contribution in [0.1, 0.15) is 12.8 Å². The van der Waals surface area contributed by atoms with E-state index >= 15 is 0 Å². The average Bonchev–Trinajstić information content (AvgIpc) is 2.39. The minimum Gasteiger partial charge on any atom is -0.381 e. The number of hydrogen-bond donors (Lipinski definition) is 2. The minimum atomic E-state index is -1.06. The molecule has 1 aromatic rings. The molecule has 1 aromatic carbocycles. The number of nitro groups is 1. The summed E-state index contributed by atoms with van der Waals surface area (Å²) in [6.07, 6.45) is 0.739. The van der Waals surface area contributed by atoms with E-state index in [1.54, 1.807) is 0 Å². The van der Waals surface area contributed by atoms with E-state index in [0.29, 0.717) is 26.1 Å². The molecule has 3 N–H and O–H groups in total. The molecule has 0 unspecified atom stereocenters. The Hall–Kier alpha value is -2.06. The van der Waals surface area contributed by atoms with Crippen LogP contribution in [0, 0.1) is 15.9 Å². The summed E-state index contributed by atoms with van der Waals surface area (Å²) in [6.45, 7) is 0.775. The van der Waals surface area contributed by atoms with E-state index in [2.05, 4.69) is 5.32 Å². The number of benzene rings is 1. The molecule has 7 nitrogen and oxygen atoms in total. The molecule has 1 heterocycles. The zero-order valence-electron chi connectivity index (χ0n) is 10.6. The number of nitro benzene ring substituents is 1. The molecule has 0 radical (unpaired) electrons. The van der Waals surface area contributed by atoms with E-state index in [1.807, 2.05) is 0 Å². The second kappa shape index (κ2) is 5.51. The highest BCUT2D eigenvalue weighted by molar-refractivity contribution is 5.98. The molecule has 1 fully saturated rings. The van der Waals surface area contributed by atoms with Crippen LogP contribution in [0.25, 0.3) is 0 Å². The number of anilines is 1. The number of nitrogens with zero attached hydrogens (tertiary/aromatic N) is 1. The van der Waals surface area contributed by atoms with Crippen molar-refractivity contribution < 1.29 is 18.8 Å². The minimum absolute atomic E-state index is 0.134. The summed E-state index contributed by atoms with van der Waals surface area (Å²) in [5.41, 5.74) is 4.41. The van der Waals surface area contributed by atoms with Gasteiger partial charge in [-0.25, -0.2) is 0 Å². The third-order valence-corrected chi connectivity index (χ3v) is 3.24. The van der Waals surface area contributed by atoms with Crippen molar-refractivity contribution in [1.29, 1.82) is 0 Å². The van der Waals surface area contributed by atoms with Crippen LogP contribution in [0.4, 0.5) is 15.8 Å². The lowest BCUT2D eigenvalue weighted by molar-refractivity contribution is -0.387. The number of rotatable bonds is 3. The lowest BCUT2D eigenvalue weighted by Crippen LogP contribution is -2.54. The number of carbonyl (C=O) groups is 1. The number of halogens is 1. The zero-order chi connectivity index (χ0) is 14.8. The Labute approximate surface area is 114 Å². The van der Waals surface area contributed by atoms with E-state index in [9.17, 15) is 19.3 Å². The molecule has 0 saturated carbocycles. The number of ether oxygens (including phenoxy) is 1. The molecule has 1 saturated heterocycles. The van der Waals surface area contributed by atoms with Crippen LogP contribution in [0.5, 0.6) is 0 Å². The summed E-state index contributed by atoms with van der Waals surface area (Å²) >= 11 is 0. The van der Waals surface area contributed by atoms with Gasteiger partial charge in [-0.3, -0.25) is 14.9 Å². The molecule has 20 heavy (non-hydrogen) atoms. The van der Waals surface area contributed by atoms with E-state index in [1.165, 1.54) is 6.07 Å². The Balaban J connectivity index is 2.12. The van der Waals surface area contributed by atoms with Gasteiger partial charge >= 0.3 is 5.69 Å². The van der Waals surface area contributed by atoms with Gasteiger partial charge in [-0.2, -0.15) is 4.39 Å². The summed E-state index contributed by atoms with van der Waals surface area (Å²) in [5, 5.41) is 13.0. The van der Waals surface area contributed by atoms with Gasteiger partial charge in [0.15, 0.2) is 0 Å². The highest BCUT2D eigenvalue weighted by atomic mass is 19.1. The van der Waals surface area contributed by atoms with Gasteiger partial charge in [-0.05, 0) is 18.9 Å². The fourth-order valence-electron chi connectivity index (χ4n) is 1.95. The van der Waals surface area contributed by atoms with Crippen LogP contribution in [-0.2, 0) is 9.53 Å². The fraction of sp³-hybridized carbons (Fsp3) is 0.417. The third kappa shape index (κ3) is 2.91. The van der Waals surface area contributed by atoms with Crippen LogP contribution in [0.15, 0.2) is 18.2 Å². The van der Waals surface area contributed by atoms with Crippen LogP contribution >= 0.6 is 0 Å². The molecule has 0 bridgehead atoms. The summed E-state index contributed by atoms with van der Waals surface area (Å²) < 4.78 is 18.6. The average molecular weight is 283 g/mol. The Morgan fingerprint density at radius 3 is 2.65 bits per heavy atom. The number of carbonyl (C=O) groups excluding carboxylic acids is 1. The van der Waals surface area contributed by atoms with Gasteiger partial charge < -0.3 is 15.8 Å². The van der Waals surface area contributed by atoms with Crippen LogP contribution in [0.2, 0.25) is 0 Å². The summed E-state index contributed by atoms with van der Waals surface area (Å²) in [6, 6.07) is 3.17. The maximum Gasteiger partial charge on any atom is 0.304 e. The van der Waals surface area contributed by atoms with Gasteiger partial charge in [0.05, 0.1) is 4.92 Å². The van der Waals surface area contributed by atoms with Gasteiger partial charge in [0.2, 0.25) is 11.7 Å². The normalized spacial score (nSPS) is 17.5. The van der Waals surface area contributed by atoms with Crippen molar-refractivity contribution in [2.75, 3.05) is 18.5 Å². The Bertz CT molecular complexity index is 544. The van der Waals surface area contributed by atoms with Crippen molar-refractivity contribution in [3.05, 3.63) is 34.1 Å². The van der Waals surface area contributed by atoms with Gasteiger partial charge in [0.25, 0.3) is 0 Å². The maximum absolute atomic E-state index is 13.4. The molecule has 8 heteroatoms. The van der Waals surface area contributed by atoms with Gasteiger partial charge in [-0.15, -0.1) is 0 Å². The summed E-state index contributed by atoms with van der Waals surface area (Å²) in [7, 11) is 0. The summed E-state index contributed by atoms with van der Waals surface area (Å²) in [4.78, 5) is 21.7. The molecule has 1 aliphatic heterocycles. The van der Waals surface area contributed by atoms with E-state index in [-0.39, 0.29) is 5.69 Å². The van der Waals surface area contributed by atoms with Crippen LogP contribution in [0.3, 0.4) is 0 Å². The number of nitrogens with two attached hydrogens (primary N) is 1. The monoisotopic (exact) mass is 283 g/mol. The lowest BCUT2D eigenvalue weighted by atomic mass is 9.90. The number of hydrogen-bond acceptors (Lipinski definition) is 5. The number of nitrogens with one attached hydrogen (secondary N) is 1. The summed E-state index contributed by atoms with van der Waals surface area (Å²) in [5.74, 6) is -1.46. The largest absolute Gasteiger partial charge is 0.381 e. The lowest BCUT2D eigenvalue weighted by Gasteiger charge is -2.31. The van der Waals surface area contributed by atoms with Crippen molar-refractivity contribution in [1.82, 2.24) is 0 Å². The first-order valence-electron chi connectivity index (χ1n) is 6.04. The second-order valence-corrected chi connectivity index (χ2v) is 4.65.